The van der Waals surface area contributed by atoms with Gasteiger partial charge in [0.2, 0.25) is 0 Å². The molecule has 22 heavy (non-hydrogen) atoms. The van der Waals surface area contributed by atoms with Crippen LogP contribution in [-0.2, 0) is 9.59 Å². The van der Waals surface area contributed by atoms with Crippen LogP contribution in [0.1, 0.15) is 24.8 Å². The lowest BCUT2D eigenvalue weighted by Gasteiger charge is -2.13. The lowest BCUT2D eigenvalue weighted by atomic mass is 10.2. The SMILES string of the molecule is O=C(O)CCCCN1C(=O)/C(=C\c2cccc(Br)c2)SC1=S. The van der Waals surface area contributed by atoms with Crippen molar-refractivity contribution in [2.75, 3.05) is 6.54 Å². The first-order chi connectivity index (χ1) is 10.5. The molecule has 1 aromatic carbocycles. The van der Waals surface area contributed by atoms with Crippen molar-refractivity contribution in [3.8, 4) is 0 Å². The van der Waals surface area contributed by atoms with Crippen molar-refractivity contribution >= 4 is 62.2 Å². The normalized spacial score (nSPS) is 16.6. The number of amides is 1. The number of hydrogen-bond donors (Lipinski definition) is 1. The average molecular weight is 400 g/mol. The van der Waals surface area contributed by atoms with E-state index in [0.29, 0.717) is 28.6 Å². The number of unbranched alkanes of at least 4 members (excludes halogenated alkanes) is 1. The van der Waals surface area contributed by atoms with Gasteiger partial charge in [0.25, 0.3) is 5.91 Å². The number of nitrogens with zero attached hydrogens (tertiary/aromatic N) is 1. The summed E-state index contributed by atoms with van der Waals surface area (Å²) in [4.78, 5) is 25.0. The topological polar surface area (TPSA) is 57.6 Å². The van der Waals surface area contributed by atoms with Crippen molar-refractivity contribution in [1.29, 1.82) is 0 Å². The zero-order chi connectivity index (χ0) is 16.1. The first kappa shape index (κ1) is 17.2. The third-order valence-corrected chi connectivity index (χ3v) is 4.91. The van der Waals surface area contributed by atoms with Gasteiger partial charge in [0, 0.05) is 17.4 Å². The number of thioether (sulfide) groups is 1. The Hall–Kier alpha value is -1.18. The highest BCUT2D eigenvalue weighted by atomic mass is 79.9. The molecule has 0 aromatic heterocycles. The number of aliphatic carboxylic acids is 1. The molecule has 4 nitrogen and oxygen atoms in total. The quantitative estimate of drug-likeness (QED) is 0.446. The second-order valence-electron chi connectivity index (χ2n) is 4.74. The molecule has 0 bridgehead atoms. The molecule has 1 N–H and O–H groups in total. The molecule has 1 heterocycles. The fraction of sp³-hybridized carbons (Fsp3) is 0.267. The molecule has 2 rings (SSSR count). The number of thiocarbonyl (C=S) groups is 1. The van der Waals surface area contributed by atoms with Crippen LogP contribution in [0.5, 0.6) is 0 Å². The Morgan fingerprint density at radius 1 is 1.41 bits per heavy atom. The van der Waals surface area contributed by atoms with Crippen molar-refractivity contribution < 1.29 is 14.7 Å². The molecule has 1 aliphatic rings. The van der Waals surface area contributed by atoms with Crippen molar-refractivity contribution in [3.05, 3.63) is 39.2 Å². The predicted octanol–water partition coefficient (Wildman–Crippen LogP) is 3.91. The zero-order valence-electron chi connectivity index (χ0n) is 11.6. The van der Waals surface area contributed by atoms with Crippen molar-refractivity contribution in [2.24, 2.45) is 0 Å². The van der Waals surface area contributed by atoms with Crippen LogP contribution in [0, 0.1) is 0 Å². The first-order valence-corrected chi connectivity index (χ1v) is 8.72. The zero-order valence-corrected chi connectivity index (χ0v) is 14.8. The van der Waals surface area contributed by atoms with Gasteiger partial charge in [0.1, 0.15) is 4.32 Å². The standard InChI is InChI=1S/C15H14BrNO3S2/c16-11-5-3-4-10(8-11)9-12-14(20)17(15(21)22-12)7-2-1-6-13(18)19/h3-5,8-9H,1-2,6-7H2,(H,18,19)/b12-9+. The maximum Gasteiger partial charge on any atom is 0.303 e. The predicted molar refractivity (Wildman–Crippen MR) is 95.5 cm³/mol. The molecular formula is C15H14BrNO3S2. The third-order valence-electron chi connectivity index (χ3n) is 3.04. The van der Waals surface area contributed by atoms with Crippen molar-refractivity contribution in [3.63, 3.8) is 0 Å². The summed E-state index contributed by atoms with van der Waals surface area (Å²) in [7, 11) is 0. The van der Waals surface area contributed by atoms with Crippen LogP contribution in [0.25, 0.3) is 6.08 Å². The van der Waals surface area contributed by atoms with E-state index in [1.54, 1.807) is 4.90 Å². The number of hydrogen-bond acceptors (Lipinski definition) is 4. The number of rotatable bonds is 6. The highest BCUT2D eigenvalue weighted by Crippen LogP contribution is 2.33. The molecule has 0 atom stereocenters. The number of carbonyl (C=O) groups is 2. The average Bonchev–Trinajstić information content (AvgIpc) is 2.70. The Labute approximate surface area is 146 Å². The largest absolute Gasteiger partial charge is 0.481 e. The fourth-order valence-electron chi connectivity index (χ4n) is 1.99. The highest BCUT2D eigenvalue weighted by molar-refractivity contribution is 9.10. The molecule has 0 saturated carbocycles. The van der Waals surface area contributed by atoms with Crippen LogP contribution in [0.15, 0.2) is 33.6 Å². The molecular weight excluding hydrogens is 386 g/mol. The molecule has 0 spiro atoms. The number of carboxylic acid groups (broad SMARTS) is 1. The summed E-state index contributed by atoms with van der Waals surface area (Å²) in [6.07, 6.45) is 3.10. The molecule has 0 unspecified atom stereocenters. The van der Waals surface area contributed by atoms with Gasteiger partial charge < -0.3 is 5.11 Å². The molecule has 1 fully saturated rings. The second kappa shape index (κ2) is 7.89. The van der Waals surface area contributed by atoms with Gasteiger partial charge in [-0.1, -0.05) is 52.0 Å². The Morgan fingerprint density at radius 3 is 2.86 bits per heavy atom. The molecule has 0 radical (unpaired) electrons. The number of halogens is 1. The molecule has 1 aliphatic heterocycles. The van der Waals surface area contributed by atoms with Gasteiger partial charge in [0.05, 0.1) is 4.91 Å². The van der Waals surface area contributed by atoms with E-state index in [9.17, 15) is 9.59 Å². The van der Waals surface area contributed by atoms with Crippen LogP contribution in [0.3, 0.4) is 0 Å². The highest BCUT2D eigenvalue weighted by Gasteiger charge is 2.31. The van der Waals surface area contributed by atoms with E-state index in [0.717, 1.165) is 10.0 Å². The summed E-state index contributed by atoms with van der Waals surface area (Å²) in [5.74, 6) is -0.926. The summed E-state index contributed by atoms with van der Waals surface area (Å²) in [5, 5.41) is 8.61. The summed E-state index contributed by atoms with van der Waals surface area (Å²) >= 11 is 9.92. The fourth-order valence-corrected chi connectivity index (χ4v) is 3.71. The second-order valence-corrected chi connectivity index (χ2v) is 7.33. The van der Waals surface area contributed by atoms with E-state index in [1.807, 2.05) is 30.3 Å². The summed E-state index contributed by atoms with van der Waals surface area (Å²) in [5.41, 5.74) is 0.931. The first-order valence-electron chi connectivity index (χ1n) is 6.70. The van der Waals surface area contributed by atoms with Gasteiger partial charge >= 0.3 is 5.97 Å². The lowest BCUT2D eigenvalue weighted by Crippen LogP contribution is -2.29. The van der Waals surface area contributed by atoms with Crippen LogP contribution in [-0.4, -0.2) is 32.7 Å². The van der Waals surface area contributed by atoms with Crippen LogP contribution in [0.4, 0.5) is 0 Å². The minimum atomic E-state index is -0.820. The Balaban J connectivity index is 2.00. The van der Waals surface area contributed by atoms with Crippen LogP contribution in [0.2, 0.25) is 0 Å². The minimum absolute atomic E-state index is 0.106. The molecule has 1 amide bonds. The van der Waals surface area contributed by atoms with Gasteiger partial charge in [-0.15, -0.1) is 0 Å². The van der Waals surface area contributed by atoms with Gasteiger partial charge in [-0.3, -0.25) is 14.5 Å². The third kappa shape index (κ3) is 4.66. The van der Waals surface area contributed by atoms with E-state index < -0.39 is 5.97 Å². The van der Waals surface area contributed by atoms with E-state index in [-0.39, 0.29) is 12.3 Å². The smallest absolute Gasteiger partial charge is 0.303 e. The van der Waals surface area contributed by atoms with Crippen molar-refractivity contribution in [2.45, 2.75) is 19.3 Å². The summed E-state index contributed by atoms with van der Waals surface area (Å²) < 4.78 is 1.48. The number of carbonyl (C=O) groups excluding carboxylic acids is 1. The van der Waals surface area contributed by atoms with Crippen LogP contribution < -0.4 is 0 Å². The lowest BCUT2D eigenvalue weighted by molar-refractivity contribution is -0.137. The Kier molecular flexibility index (Phi) is 6.16. The van der Waals surface area contributed by atoms with E-state index >= 15 is 0 Å². The Bertz CT molecular complexity index is 645. The number of carboxylic acids is 1. The van der Waals surface area contributed by atoms with E-state index in [4.69, 9.17) is 17.3 Å². The van der Waals surface area contributed by atoms with Crippen LogP contribution >= 0.6 is 39.9 Å². The van der Waals surface area contributed by atoms with E-state index in [1.165, 1.54) is 11.8 Å². The summed E-state index contributed by atoms with van der Waals surface area (Å²) in [6.45, 7) is 0.466. The van der Waals surface area contributed by atoms with Gasteiger partial charge in [-0.2, -0.15) is 0 Å². The summed E-state index contributed by atoms with van der Waals surface area (Å²) in [6, 6.07) is 7.68. The van der Waals surface area contributed by atoms with Gasteiger partial charge in [0.15, 0.2) is 0 Å². The Morgan fingerprint density at radius 2 is 2.18 bits per heavy atom. The number of benzene rings is 1. The van der Waals surface area contributed by atoms with Crippen molar-refractivity contribution in [1.82, 2.24) is 4.90 Å². The van der Waals surface area contributed by atoms with Gasteiger partial charge in [-0.25, -0.2) is 0 Å². The van der Waals surface area contributed by atoms with E-state index in [2.05, 4.69) is 15.9 Å². The maximum absolute atomic E-state index is 12.4. The molecule has 116 valence electrons. The molecule has 1 aromatic rings. The molecule has 7 heteroatoms. The van der Waals surface area contributed by atoms with Gasteiger partial charge in [-0.05, 0) is 36.6 Å². The molecule has 1 saturated heterocycles. The molecule has 0 aliphatic carbocycles. The monoisotopic (exact) mass is 399 g/mol. The maximum atomic E-state index is 12.4. The minimum Gasteiger partial charge on any atom is -0.481 e.